The third kappa shape index (κ3) is 1.83. The highest BCUT2D eigenvalue weighted by molar-refractivity contribution is 8.13. The molecular formula is C10H8ClNO3S. The molecule has 2 aromatic rings. The van der Waals surface area contributed by atoms with Gasteiger partial charge in [-0.1, -0.05) is 12.1 Å². The molecule has 0 aliphatic carbocycles. The maximum Gasteiger partial charge on any atom is 0.279 e. The van der Waals surface area contributed by atoms with Gasteiger partial charge >= 0.3 is 0 Å². The number of fused-ring (bicyclic) bond motifs is 1. The summed E-state index contributed by atoms with van der Waals surface area (Å²) in [6.07, 6.45) is 1.39. The van der Waals surface area contributed by atoms with Gasteiger partial charge in [-0.25, -0.2) is 13.4 Å². The van der Waals surface area contributed by atoms with E-state index in [2.05, 4.69) is 4.98 Å². The molecule has 0 aliphatic rings. The molecule has 1 heterocycles. The molecule has 0 fully saturated rings. The minimum atomic E-state index is -3.85. The Hall–Kier alpha value is -1.33. The van der Waals surface area contributed by atoms with Gasteiger partial charge in [0.05, 0.1) is 7.11 Å². The molecule has 84 valence electrons. The quantitative estimate of drug-likeness (QED) is 0.774. The Morgan fingerprint density at radius 3 is 2.62 bits per heavy atom. The van der Waals surface area contributed by atoms with Crippen LogP contribution in [0.25, 0.3) is 10.8 Å². The fraction of sp³-hybridized carbons (Fsp3) is 0.100. The van der Waals surface area contributed by atoms with Crippen LogP contribution < -0.4 is 4.74 Å². The number of ether oxygens (including phenoxy) is 1. The number of halogens is 1. The minimum Gasteiger partial charge on any atom is -0.496 e. The molecule has 1 aromatic heterocycles. The number of rotatable bonds is 2. The Morgan fingerprint density at radius 2 is 2.00 bits per heavy atom. The van der Waals surface area contributed by atoms with Crippen molar-refractivity contribution in [1.29, 1.82) is 0 Å². The van der Waals surface area contributed by atoms with Crippen LogP contribution in [0.4, 0.5) is 0 Å². The van der Waals surface area contributed by atoms with E-state index in [-0.39, 0.29) is 5.03 Å². The van der Waals surface area contributed by atoms with Crippen molar-refractivity contribution in [2.75, 3.05) is 7.11 Å². The normalized spacial score (nSPS) is 11.6. The maximum atomic E-state index is 11.3. The number of hydrogen-bond acceptors (Lipinski definition) is 4. The lowest BCUT2D eigenvalue weighted by Crippen LogP contribution is -1.96. The topological polar surface area (TPSA) is 56.3 Å². The van der Waals surface area contributed by atoms with Gasteiger partial charge in [-0.2, -0.15) is 0 Å². The predicted octanol–water partition coefficient (Wildman–Crippen LogP) is 2.17. The first-order valence-electron chi connectivity index (χ1n) is 4.40. The van der Waals surface area contributed by atoms with Gasteiger partial charge in [0, 0.05) is 27.7 Å². The Balaban J connectivity index is 2.90. The highest BCUT2D eigenvalue weighted by Gasteiger charge is 2.16. The maximum absolute atomic E-state index is 11.3. The van der Waals surface area contributed by atoms with Crippen molar-refractivity contribution >= 4 is 30.5 Å². The largest absolute Gasteiger partial charge is 0.496 e. The van der Waals surface area contributed by atoms with Gasteiger partial charge in [0.1, 0.15) is 5.75 Å². The molecule has 4 nitrogen and oxygen atoms in total. The lowest BCUT2D eigenvalue weighted by Gasteiger charge is -2.06. The lowest BCUT2D eigenvalue weighted by atomic mass is 10.1. The van der Waals surface area contributed by atoms with E-state index < -0.39 is 9.05 Å². The Morgan fingerprint density at radius 1 is 1.25 bits per heavy atom. The molecule has 0 radical (unpaired) electrons. The lowest BCUT2D eigenvalue weighted by molar-refractivity contribution is 0.419. The number of hydrogen-bond donors (Lipinski definition) is 0. The SMILES string of the molecule is COc1cccc2c(S(=O)(=O)Cl)nccc12. The van der Waals surface area contributed by atoms with Crippen molar-refractivity contribution in [3.63, 3.8) is 0 Å². The fourth-order valence-electron chi connectivity index (χ4n) is 1.52. The monoisotopic (exact) mass is 257 g/mol. The summed E-state index contributed by atoms with van der Waals surface area (Å²) in [5, 5.41) is 0.974. The Kier molecular flexibility index (Phi) is 2.73. The molecular weight excluding hydrogens is 250 g/mol. The first-order chi connectivity index (χ1) is 7.54. The molecule has 0 saturated heterocycles. The molecule has 2 rings (SSSR count). The second kappa shape index (κ2) is 3.92. The summed E-state index contributed by atoms with van der Waals surface area (Å²) in [6.45, 7) is 0. The molecule has 0 aliphatic heterocycles. The molecule has 0 saturated carbocycles. The molecule has 1 aromatic carbocycles. The van der Waals surface area contributed by atoms with Crippen molar-refractivity contribution in [2.45, 2.75) is 5.03 Å². The van der Waals surface area contributed by atoms with Crippen LogP contribution in [0.15, 0.2) is 35.5 Å². The first-order valence-corrected chi connectivity index (χ1v) is 6.71. The van der Waals surface area contributed by atoms with Gasteiger partial charge in [0.15, 0.2) is 5.03 Å². The van der Waals surface area contributed by atoms with E-state index >= 15 is 0 Å². The molecule has 0 bridgehead atoms. The second-order valence-corrected chi connectivity index (χ2v) is 5.59. The highest BCUT2D eigenvalue weighted by atomic mass is 35.7. The van der Waals surface area contributed by atoms with Gasteiger partial charge in [0.2, 0.25) is 0 Å². The molecule has 16 heavy (non-hydrogen) atoms. The van der Waals surface area contributed by atoms with E-state index in [4.69, 9.17) is 15.4 Å². The molecule has 0 N–H and O–H groups in total. The van der Waals surface area contributed by atoms with Gasteiger partial charge in [0.25, 0.3) is 9.05 Å². The van der Waals surface area contributed by atoms with Crippen LogP contribution in [0.1, 0.15) is 0 Å². The summed E-state index contributed by atoms with van der Waals surface area (Å²) in [5.41, 5.74) is 0. The molecule has 0 spiro atoms. The smallest absolute Gasteiger partial charge is 0.279 e. The van der Waals surface area contributed by atoms with Crippen LogP contribution in [-0.2, 0) is 9.05 Å². The number of methoxy groups -OCH3 is 1. The third-order valence-electron chi connectivity index (χ3n) is 2.18. The van der Waals surface area contributed by atoms with E-state index in [9.17, 15) is 8.42 Å². The van der Waals surface area contributed by atoms with Crippen molar-refractivity contribution in [3.8, 4) is 5.75 Å². The van der Waals surface area contributed by atoms with Gasteiger partial charge < -0.3 is 4.74 Å². The zero-order valence-corrected chi connectivity index (χ0v) is 9.92. The van der Waals surface area contributed by atoms with Crippen LogP contribution in [0, 0.1) is 0 Å². The number of aromatic nitrogens is 1. The minimum absolute atomic E-state index is 0.148. The van der Waals surface area contributed by atoms with Gasteiger partial charge in [-0.3, -0.25) is 0 Å². The van der Waals surface area contributed by atoms with Gasteiger partial charge in [-0.05, 0) is 12.1 Å². The van der Waals surface area contributed by atoms with Crippen LogP contribution in [0.2, 0.25) is 0 Å². The first kappa shape index (κ1) is 11.2. The highest BCUT2D eigenvalue weighted by Crippen LogP contribution is 2.29. The average molecular weight is 258 g/mol. The zero-order chi connectivity index (χ0) is 11.8. The fourth-order valence-corrected chi connectivity index (χ4v) is 2.52. The van der Waals surface area contributed by atoms with Crippen molar-refractivity contribution < 1.29 is 13.2 Å². The number of benzene rings is 1. The number of nitrogens with zero attached hydrogens (tertiary/aromatic N) is 1. The Labute approximate surface area is 97.2 Å². The third-order valence-corrected chi connectivity index (χ3v) is 3.41. The summed E-state index contributed by atoms with van der Waals surface area (Å²) in [4.78, 5) is 3.78. The molecule has 0 atom stereocenters. The van der Waals surface area contributed by atoms with Gasteiger partial charge in [-0.15, -0.1) is 0 Å². The van der Waals surface area contributed by atoms with Crippen molar-refractivity contribution in [2.24, 2.45) is 0 Å². The molecule has 0 amide bonds. The predicted molar refractivity (Wildman–Crippen MR) is 61.3 cm³/mol. The summed E-state index contributed by atoms with van der Waals surface area (Å²) in [5.74, 6) is 0.585. The summed E-state index contributed by atoms with van der Waals surface area (Å²) in [6, 6.07) is 6.75. The average Bonchev–Trinajstić information content (AvgIpc) is 2.26. The summed E-state index contributed by atoms with van der Waals surface area (Å²) >= 11 is 0. The van der Waals surface area contributed by atoms with E-state index in [1.54, 1.807) is 24.3 Å². The number of pyridine rings is 1. The van der Waals surface area contributed by atoms with Crippen LogP contribution in [-0.4, -0.2) is 20.5 Å². The van der Waals surface area contributed by atoms with E-state index in [1.807, 2.05) is 0 Å². The summed E-state index contributed by atoms with van der Waals surface area (Å²) in [7, 11) is 2.97. The second-order valence-electron chi connectivity index (χ2n) is 3.11. The molecule has 6 heteroatoms. The van der Waals surface area contributed by atoms with E-state index in [0.717, 1.165) is 0 Å². The van der Waals surface area contributed by atoms with Crippen molar-refractivity contribution in [1.82, 2.24) is 4.98 Å². The standard InChI is InChI=1S/C10H8ClNO3S/c1-15-9-4-2-3-8-7(9)5-6-12-10(8)16(11,13)14/h2-6H,1H3. The van der Waals surface area contributed by atoms with Crippen LogP contribution in [0.5, 0.6) is 5.75 Å². The van der Waals surface area contributed by atoms with E-state index in [1.165, 1.54) is 13.3 Å². The van der Waals surface area contributed by atoms with Crippen LogP contribution in [0.3, 0.4) is 0 Å². The summed E-state index contributed by atoms with van der Waals surface area (Å²) < 4.78 is 27.7. The Bertz CT molecular complexity index is 640. The van der Waals surface area contributed by atoms with E-state index in [0.29, 0.717) is 16.5 Å². The molecule has 0 unspecified atom stereocenters. The van der Waals surface area contributed by atoms with Crippen LogP contribution >= 0.6 is 10.7 Å². The zero-order valence-electron chi connectivity index (χ0n) is 8.34. The van der Waals surface area contributed by atoms with Crippen molar-refractivity contribution in [3.05, 3.63) is 30.5 Å².